The van der Waals surface area contributed by atoms with Gasteiger partial charge in [-0.3, -0.25) is 9.59 Å². The van der Waals surface area contributed by atoms with Crippen molar-refractivity contribution in [2.45, 2.75) is 71.3 Å². The van der Waals surface area contributed by atoms with Gasteiger partial charge in [-0.25, -0.2) is 0 Å². The Labute approximate surface area is 213 Å². The maximum atomic E-state index is 12.6. The number of carbonyl (C=O) groups excluding carboxylic acids is 2. The third-order valence-corrected chi connectivity index (χ3v) is 7.17. The van der Waals surface area contributed by atoms with Gasteiger partial charge in [-0.1, -0.05) is 25.9 Å². The Hall–Kier alpha value is -3.10. The molecule has 196 valence electrons. The molecule has 1 aromatic carbocycles. The lowest BCUT2D eigenvalue weighted by Crippen LogP contribution is -2.40. The van der Waals surface area contributed by atoms with Crippen LogP contribution in [0, 0.1) is 12.8 Å². The first kappa shape index (κ1) is 26.0. The number of amides is 2. The quantitative estimate of drug-likeness (QED) is 0.555. The minimum atomic E-state index is -0.433. The van der Waals surface area contributed by atoms with Crippen LogP contribution in [-0.4, -0.2) is 66.2 Å². The highest BCUT2D eigenvalue weighted by Gasteiger charge is 2.31. The van der Waals surface area contributed by atoms with Gasteiger partial charge in [-0.15, -0.1) is 0 Å². The highest BCUT2D eigenvalue weighted by molar-refractivity contribution is 5.99. The first-order valence-electron chi connectivity index (χ1n) is 13.0. The van der Waals surface area contributed by atoms with Crippen molar-refractivity contribution >= 4 is 17.8 Å². The van der Waals surface area contributed by atoms with Gasteiger partial charge < -0.3 is 24.4 Å². The van der Waals surface area contributed by atoms with Gasteiger partial charge in [0.15, 0.2) is 5.82 Å². The number of benzene rings is 1. The van der Waals surface area contributed by atoms with Gasteiger partial charge >= 0.3 is 6.01 Å². The number of aromatic nitrogens is 2. The second-order valence-electron chi connectivity index (χ2n) is 11.1. The topological polar surface area (TPSA) is 101 Å². The summed E-state index contributed by atoms with van der Waals surface area (Å²) in [6.45, 7) is 11.3. The maximum Gasteiger partial charge on any atom is 0.324 e. The molecule has 0 saturated carbocycles. The number of hydrogen-bond donors (Lipinski definition) is 1. The van der Waals surface area contributed by atoms with E-state index in [1.807, 2.05) is 19.1 Å². The summed E-state index contributed by atoms with van der Waals surface area (Å²) in [5, 5.41) is 7.00. The number of rotatable bonds is 8. The Balaban J connectivity index is 1.17. The maximum absolute atomic E-state index is 12.6. The van der Waals surface area contributed by atoms with E-state index in [2.05, 4.69) is 41.1 Å². The first-order chi connectivity index (χ1) is 17.1. The van der Waals surface area contributed by atoms with Crippen molar-refractivity contribution in [2.75, 3.05) is 38.2 Å². The second kappa shape index (κ2) is 10.9. The molecule has 2 saturated heterocycles. The average molecular weight is 498 g/mol. The Kier molecular flexibility index (Phi) is 7.85. The van der Waals surface area contributed by atoms with Crippen molar-refractivity contribution in [2.24, 2.45) is 5.92 Å². The van der Waals surface area contributed by atoms with Gasteiger partial charge in [-0.05, 0) is 68.7 Å². The SMILES string of the molecule is Cc1cc(OCCCC2CCN(c3nc(C(C)(C)C)no3)CC2)ccc1C(=O)N[C@@H]1CCN(C)C1=O. The van der Waals surface area contributed by atoms with Crippen molar-refractivity contribution in [3.05, 3.63) is 35.2 Å². The van der Waals surface area contributed by atoms with E-state index in [0.717, 1.165) is 55.9 Å². The highest BCUT2D eigenvalue weighted by Crippen LogP contribution is 2.27. The largest absolute Gasteiger partial charge is 0.494 e. The third-order valence-electron chi connectivity index (χ3n) is 7.17. The monoisotopic (exact) mass is 497 g/mol. The normalized spacial score (nSPS) is 19.1. The zero-order chi connectivity index (χ0) is 25.9. The van der Waals surface area contributed by atoms with E-state index in [4.69, 9.17) is 9.26 Å². The minimum absolute atomic E-state index is 0.0315. The van der Waals surface area contributed by atoms with Crippen molar-refractivity contribution < 1.29 is 18.8 Å². The lowest BCUT2D eigenvalue weighted by Gasteiger charge is -2.30. The van der Waals surface area contributed by atoms with Gasteiger partial charge in [0.1, 0.15) is 11.8 Å². The van der Waals surface area contributed by atoms with Crippen molar-refractivity contribution in [1.29, 1.82) is 0 Å². The molecule has 1 N–H and O–H groups in total. The standard InChI is InChI=1S/C27H39N5O4/c1-18-17-20(8-9-21(18)23(33)28-22-12-13-31(5)24(22)34)35-16-6-7-19-10-14-32(15-11-19)26-29-25(30-36-26)27(2,3)4/h8-9,17,19,22H,6-7,10-16H2,1-5H3,(H,28,33)/t22-/m1/s1. The van der Waals surface area contributed by atoms with E-state index in [0.29, 0.717) is 37.1 Å². The Morgan fingerprint density at radius 2 is 1.94 bits per heavy atom. The highest BCUT2D eigenvalue weighted by atomic mass is 16.5. The molecule has 4 rings (SSSR count). The Bertz CT molecular complexity index is 1070. The molecule has 0 aliphatic carbocycles. The average Bonchev–Trinajstić information content (AvgIpc) is 3.46. The molecule has 9 nitrogen and oxygen atoms in total. The summed E-state index contributed by atoms with van der Waals surface area (Å²) >= 11 is 0. The van der Waals surface area contributed by atoms with Crippen LogP contribution in [0.3, 0.4) is 0 Å². The molecular weight excluding hydrogens is 458 g/mol. The van der Waals surface area contributed by atoms with E-state index in [1.165, 1.54) is 0 Å². The first-order valence-corrected chi connectivity index (χ1v) is 13.0. The van der Waals surface area contributed by atoms with Crippen molar-refractivity contribution in [1.82, 2.24) is 20.4 Å². The van der Waals surface area contributed by atoms with Gasteiger partial charge in [0, 0.05) is 37.7 Å². The molecule has 3 heterocycles. The molecule has 0 bridgehead atoms. The molecule has 0 unspecified atom stereocenters. The smallest absolute Gasteiger partial charge is 0.324 e. The van der Waals surface area contributed by atoms with Crippen molar-refractivity contribution in [3.63, 3.8) is 0 Å². The molecule has 2 aliphatic heterocycles. The summed E-state index contributed by atoms with van der Waals surface area (Å²) in [4.78, 5) is 33.1. The predicted molar refractivity (Wildman–Crippen MR) is 137 cm³/mol. The van der Waals surface area contributed by atoms with Crippen LogP contribution >= 0.6 is 0 Å². The van der Waals surface area contributed by atoms with Crippen LogP contribution in [0.2, 0.25) is 0 Å². The van der Waals surface area contributed by atoms with Gasteiger partial charge in [-0.2, -0.15) is 4.98 Å². The number of piperidine rings is 1. The Morgan fingerprint density at radius 3 is 2.56 bits per heavy atom. The molecule has 2 fully saturated rings. The number of nitrogens with zero attached hydrogens (tertiary/aromatic N) is 4. The summed E-state index contributed by atoms with van der Waals surface area (Å²) in [5.74, 6) is 1.93. The number of hydrogen-bond acceptors (Lipinski definition) is 7. The number of anilines is 1. The van der Waals surface area contributed by atoms with E-state index in [1.54, 1.807) is 18.0 Å². The summed E-state index contributed by atoms with van der Waals surface area (Å²) in [5.41, 5.74) is 1.30. The van der Waals surface area contributed by atoms with E-state index < -0.39 is 6.04 Å². The fourth-order valence-electron chi connectivity index (χ4n) is 4.80. The van der Waals surface area contributed by atoms with Gasteiger partial charge in [0.25, 0.3) is 5.91 Å². The van der Waals surface area contributed by atoms with Crippen LogP contribution in [0.25, 0.3) is 0 Å². The fourth-order valence-corrected chi connectivity index (χ4v) is 4.80. The van der Waals surface area contributed by atoms with Crippen molar-refractivity contribution in [3.8, 4) is 5.75 Å². The van der Waals surface area contributed by atoms with Crippen LogP contribution < -0.4 is 15.0 Å². The minimum Gasteiger partial charge on any atom is -0.494 e. The molecule has 0 spiro atoms. The van der Waals surface area contributed by atoms with Crippen LogP contribution in [-0.2, 0) is 10.2 Å². The third kappa shape index (κ3) is 6.17. The molecule has 2 amide bonds. The number of ether oxygens (including phenoxy) is 1. The Morgan fingerprint density at radius 1 is 1.19 bits per heavy atom. The molecule has 1 aromatic heterocycles. The van der Waals surface area contributed by atoms with E-state index >= 15 is 0 Å². The summed E-state index contributed by atoms with van der Waals surface area (Å²) < 4.78 is 11.5. The molecule has 2 aromatic rings. The molecule has 2 aliphatic rings. The van der Waals surface area contributed by atoms with Gasteiger partial charge in [0.05, 0.1) is 6.61 Å². The zero-order valence-electron chi connectivity index (χ0n) is 22.2. The summed E-state index contributed by atoms with van der Waals surface area (Å²) in [7, 11) is 1.76. The molecule has 1 atom stereocenters. The van der Waals surface area contributed by atoms with Crippen LogP contribution in [0.1, 0.15) is 74.6 Å². The zero-order valence-corrected chi connectivity index (χ0v) is 22.2. The molecule has 9 heteroatoms. The van der Waals surface area contributed by atoms with E-state index in [9.17, 15) is 9.59 Å². The second-order valence-corrected chi connectivity index (χ2v) is 11.1. The number of likely N-dealkylation sites (tertiary alicyclic amines) is 1. The molecule has 36 heavy (non-hydrogen) atoms. The molecular formula is C27H39N5O4. The van der Waals surface area contributed by atoms with E-state index in [-0.39, 0.29) is 17.2 Å². The molecule has 0 radical (unpaired) electrons. The number of nitrogens with one attached hydrogen (secondary N) is 1. The van der Waals surface area contributed by atoms with Crippen LogP contribution in [0.15, 0.2) is 22.7 Å². The predicted octanol–water partition coefficient (Wildman–Crippen LogP) is 3.71. The van der Waals surface area contributed by atoms with Crippen LogP contribution in [0.4, 0.5) is 6.01 Å². The number of likely N-dealkylation sites (N-methyl/N-ethyl adjacent to an activating group) is 1. The number of carbonyl (C=O) groups is 2. The number of aryl methyl sites for hydroxylation is 1. The summed E-state index contributed by atoms with van der Waals surface area (Å²) in [6.07, 6.45) is 4.96. The van der Waals surface area contributed by atoms with Gasteiger partial charge in [0.2, 0.25) is 5.91 Å². The fraction of sp³-hybridized carbons (Fsp3) is 0.630. The lowest BCUT2D eigenvalue weighted by molar-refractivity contribution is -0.128. The summed E-state index contributed by atoms with van der Waals surface area (Å²) in [6, 6.07) is 5.71. The van der Waals surface area contributed by atoms with Crippen LogP contribution in [0.5, 0.6) is 5.75 Å². The lowest BCUT2D eigenvalue weighted by atomic mass is 9.92.